The van der Waals surface area contributed by atoms with Crippen molar-refractivity contribution in [3.8, 4) is 11.1 Å². The number of fused-ring (bicyclic) bond motifs is 2. The van der Waals surface area contributed by atoms with Crippen LogP contribution in [-0.2, 0) is 17.8 Å². The first-order chi connectivity index (χ1) is 20.9. The van der Waals surface area contributed by atoms with Crippen LogP contribution >= 0.6 is 36.2 Å². The Morgan fingerprint density at radius 1 is 1.13 bits per heavy atom. The lowest BCUT2D eigenvalue weighted by Gasteiger charge is -2.29. The van der Waals surface area contributed by atoms with E-state index in [1.165, 1.54) is 34.6 Å². The van der Waals surface area contributed by atoms with Crippen molar-refractivity contribution in [1.82, 2.24) is 29.6 Å². The number of halogens is 5. The maximum absolute atomic E-state index is 14.6. The molecule has 0 bridgehead atoms. The molecule has 1 saturated heterocycles. The number of thiazole rings is 1. The standard InChI is InChI=1S/C30H29F3N8OS.2ClH/c1-17-21(18-2-4-20(5-3-18)39-9-6-34-7-10-39)13-22(28(32)33)23-15-41(38-25(17)23)27(29(42)37-30-35-8-11-43-30)26-24-12-19(31)14-40(24)16-36-26;;/h2-5,8,11,13,15-16,19,27-28,34H,6-7,9-10,12,14H2,1H3,(H,35,37,42);2*1H/t19-,27?;;/m1../s1. The molecular formula is C30H31Cl2F3N8OS. The Balaban J connectivity index is 0.00000200. The second-order valence-corrected chi connectivity index (χ2v) is 11.7. The van der Waals surface area contributed by atoms with Crippen LogP contribution in [0.1, 0.15) is 35.0 Å². The molecule has 2 aliphatic rings. The number of rotatable bonds is 7. The molecule has 3 aromatic heterocycles. The summed E-state index contributed by atoms with van der Waals surface area (Å²) in [6.07, 6.45) is 0.786. The van der Waals surface area contributed by atoms with Crippen LogP contribution in [0.3, 0.4) is 0 Å². The van der Waals surface area contributed by atoms with Crippen LogP contribution in [0, 0.1) is 6.92 Å². The van der Waals surface area contributed by atoms with Gasteiger partial charge in [0.1, 0.15) is 6.17 Å². The summed E-state index contributed by atoms with van der Waals surface area (Å²) in [5, 5.41) is 13.2. The van der Waals surface area contributed by atoms with E-state index in [1.807, 2.05) is 31.2 Å². The van der Waals surface area contributed by atoms with Crippen LogP contribution < -0.4 is 15.5 Å². The Bertz CT molecular complexity index is 1790. The molecule has 2 N–H and O–H groups in total. The fourth-order valence-corrected chi connectivity index (χ4v) is 6.62. The Kier molecular flexibility index (Phi) is 9.73. The number of nitrogens with one attached hydrogen (secondary N) is 2. The summed E-state index contributed by atoms with van der Waals surface area (Å²) in [6, 6.07) is 8.32. The first-order valence-electron chi connectivity index (χ1n) is 14.1. The molecule has 1 unspecified atom stereocenters. The van der Waals surface area contributed by atoms with E-state index < -0.39 is 24.5 Å². The molecule has 2 atom stereocenters. The topological polar surface area (TPSA) is 92.9 Å². The van der Waals surface area contributed by atoms with Crippen LogP contribution in [0.25, 0.3) is 22.0 Å². The zero-order valence-electron chi connectivity index (χ0n) is 24.1. The van der Waals surface area contributed by atoms with E-state index in [0.29, 0.717) is 33.2 Å². The van der Waals surface area contributed by atoms with Crippen molar-refractivity contribution < 1.29 is 18.0 Å². The molecule has 9 nitrogen and oxygen atoms in total. The lowest BCUT2D eigenvalue weighted by molar-refractivity contribution is -0.118. The van der Waals surface area contributed by atoms with Crippen molar-refractivity contribution in [2.75, 3.05) is 36.4 Å². The lowest BCUT2D eigenvalue weighted by Crippen LogP contribution is -2.43. The Morgan fingerprint density at radius 3 is 2.58 bits per heavy atom. The molecule has 0 saturated carbocycles. The second kappa shape index (κ2) is 13.4. The van der Waals surface area contributed by atoms with E-state index in [-0.39, 0.29) is 48.7 Å². The largest absolute Gasteiger partial charge is 0.369 e. The molecule has 45 heavy (non-hydrogen) atoms. The van der Waals surface area contributed by atoms with Gasteiger partial charge in [0.25, 0.3) is 12.3 Å². The number of aryl methyl sites for hydroxylation is 1. The normalized spacial score (nSPS) is 16.7. The Hall–Kier alpha value is -3.65. The van der Waals surface area contributed by atoms with Crippen molar-refractivity contribution in [2.24, 2.45) is 0 Å². The van der Waals surface area contributed by atoms with Crippen LogP contribution in [0.2, 0.25) is 0 Å². The molecule has 5 aromatic rings. The van der Waals surface area contributed by atoms with Crippen LogP contribution in [0.5, 0.6) is 0 Å². The maximum Gasteiger partial charge on any atom is 0.264 e. The van der Waals surface area contributed by atoms with E-state index in [2.05, 4.69) is 25.5 Å². The van der Waals surface area contributed by atoms with Gasteiger partial charge >= 0.3 is 0 Å². The molecule has 1 amide bonds. The highest BCUT2D eigenvalue weighted by molar-refractivity contribution is 7.13. The first-order valence-corrected chi connectivity index (χ1v) is 15.0. The minimum Gasteiger partial charge on any atom is -0.369 e. The van der Waals surface area contributed by atoms with Crippen molar-refractivity contribution >= 4 is 63.8 Å². The number of nitrogens with zero attached hydrogens (tertiary/aromatic N) is 6. The number of hydrogen-bond acceptors (Lipinski definition) is 7. The number of amides is 1. The van der Waals surface area contributed by atoms with E-state index in [9.17, 15) is 18.0 Å². The Labute approximate surface area is 273 Å². The lowest BCUT2D eigenvalue weighted by atomic mass is 9.95. The number of carbonyl (C=O) groups is 1. The van der Waals surface area contributed by atoms with Crippen LogP contribution in [-0.4, -0.2) is 62.6 Å². The fourth-order valence-electron chi connectivity index (χ4n) is 6.08. The highest BCUT2D eigenvalue weighted by atomic mass is 35.5. The summed E-state index contributed by atoms with van der Waals surface area (Å²) in [5.74, 6) is -0.494. The molecule has 0 radical (unpaired) electrons. The molecule has 1 fully saturated rings. The van der Waals surface area contributed by atoms with E-state index in [0.717, 1.165) is 37.4 Å². The van der Waals surface area contributed by atoms with Crippen molar-refractivity contribution in [2.45, 2.75) is 38.5 Å². The zero-order valence-corrected chi connectivity index (χ0v) is 26.6. The van der Waals surface area contributed by atoms with Gasteiger partial charge in [-0.25, -0.2) is 23.1 Å². The number of anilines is 2. The average Bonchev–Trinajstić information content (AvgIpc) is 3.81. The van der Waals surface area contributed by atoms with Gasteiger partial charge in [0, 0.05) is 72.7 Å². The van der Waals surface area contributed by atoms with Crippen molar-refractivity contribution in [1.29, 1.82) is 0 Å². The van der Waals surface area contributed by atoms with Gasteiger partial charge in [-0.15, -0.1) is 36.2 Å². The summed E-state index contributed by atoms with van der Waals surface area (Å²) < 4.78 is 46.5. The van der Waals surface area contributed by atoms with Gasteiger partial charge < -0.3 is 14.8 Å². The molecule has 238 valence electrons. The summed E-state index contributed by atoms with van der Waals surface area (Å²) in [7, 11) is 0. The molecule has 2 aliphatic heterocycles. The van der Waals surface area contributed by atoms with Gasteiger partial charge in [0.2, 0.25) is 0 Å². The number of carbonyl (C=O) groups excluding carboxylic acids is 1. The van der Waals surface area contributed by atoms with Crippen molar-refractivity contribution in [3.63, 3.8) is 0 Å². The number of benzene rings is 2. The second-order valence-electron chi connectivity index (χ2n) is 10.9. The third-order valence-electron chi connectivity index (χ3n) is 8.22. The Morgan fingerprint density at radius 2 is 1.89 bits per heavy atom. The summed E-state index contributed by atoms with van der Waals surface area (Å²) >= 11 is 1.25. The van der Waals surface area contributed by atoms with Gasteiger partial charge in [0.15, 0.2) is 11.2 Å². The summed E-state index contributed by atoms with van der Waals surface area (Å²) in [5.41, 5.74) is 4.35. The van der Waals surface area contributed by atoms with E-state index in [1.54, 1.807) is 16.1 Å². The quantitative estimate of drug-likeness (QED) is 0.220. The number of alkyl halides is 3. The van der Waals surface area contributed by atoms with Gasteiger partial charge in [-0.2, -0.15) is 5.10 Å². The van der Waals surface area contributed by atoms with Crippen LogP contribution in [0.15, 0.2) is 54.4 Å². The minimum absolute atomic E-state index is 0. The predicted molar refractivity (Wildman–Crippen MR) is 174 cm³/mol. The fraction of sp³-hybridized carbons (Fsp3) is 0.333. The first kappa shape index (κ1) is 32.7. The van der Waals surface area contributed by atoms with Gasteiger partial charge in [-0.1, -0.05) is 12.1 Å². The highest BCUT2D eigenvalue weighted by Gasteiger charge is 2.35. The zero-order chi connectivity index (χ0) is 29.7. The molecule has 0 spiro atoms. The third-order valence-corrected chi connectivity index (χ3v) is 8.91. The van der Waals surface area contributed by atoms with Crippen LogP contribution in [0.4, 0.5) is 24.0 Å². The summed E-state index contributed by atoms with van der Waals surface area (Å²) in [6.45, 7) is 5.63. The summed E-state index contributed by atoms with van der Waals surface area (Å²) in [4.78, 5) is 24.6. The van der Waals surface area contributed by atoms with E-state index >= 15 is 0 Å². The third kappa shape index (κ3) is 6.14. The SMILES string of the molecule is Cc1c(-c2ccc(N3CCNCC3)cc2)cc(C(F)F)c2cn(C(C(=O)Nc3nccs3)c3ncn4c3C[C@@H](F)C4)nc12.Cl.Cl. The van der Waals surface area contributed by atoms with Gasteiger partial charge in [-0.05, 0) is 41.8 Å². The number of aromatic nitrogens is 5. The maximum atomic E-state index is 14.6. The molecular weight excluding hydrogens is 648 g/mol. The molecule has 15 heteroatoms. The predicted octanol–water partition coefficient (Wildman–Crippen LogP) is 5.98. The number of piperazine rings is 1. The van der Waals surface area contributed by atoms with Gasteiger partial charge in [0.05, 0.1) is 24.1 Å². The number of hydrogen-bond donors (Lipinski definition) is 2. The molecule has 7 rings (SSSR count). The smallest absolute Gasteiger partial charge is 0.264 e. The average molecular weight is 680 g/mol. The molecule has 5 heterocycles. The highest BCUT2D eigenvalue weighted by Crippen LogP contribution is 2.38. The number of imidazole rings is 1. The molecule has 0 aliphatic carbocycles. The minimum atomic E-state index is -2.77. The van der Waals surface area contributed by atoms with Gasteiger partial charge in [-0.3, -0.25) is 14.8 Å². The monoisotopic (exact) mass is 678 g/mol. The van der Waals surface area contributed by atoms with E-state index in [4.69, 9.17) is 5.10 Å². The van der Waals surface area contributed by atoms with Crippen molar-refractivity contribution in [3.05, 3.63) is 76.9 Å². The molecule has 2 aromatic carbocycles.